The van der Waals surface area contributed by atoms with Gasteiger partial charge in [-0.05, 0) is 43.5 Å². The van der Waals surface area contributed by atoms with Crippen molar-refractivity contribution < 1.29 is 4.39 Å². The average molecular weight is 313 g/mol. The maximum atomic E-state index is 13.1. The molecule has 23 heavy (non-hydrogen) atoms. The Morgan fingerprint density at radius 3 is 2.65 bits per heavy atom. The van der Waals surface area contributed by atoms with Gasteiger partial charge >= 0.3 is 5.69 Å². The van der Waals surface area contributed by atoms with E-state index in [1.165, 1.54) is 25.0 Å². The van der Waals surface area contributed by atoms with E-state index >= 15 is 0 Å². The maximum absolute atomic E-state index is 13.1. The molecule has 0 aliphatic heterocycles. The zero-order chi connectivity index (χ0) is 16.0. The Morgan fingerprint density at radius 2 is 1.96 bits per heavy atom. The summed E-state index contributed by atoms with van der Waals surface area (Å²) in [6, 6.07) is 7.78. The van der Waals surface area contributed by atoms with Crippen molar-refractivity contribution in [3.05, 3.63) is 57.9 Å². The van der Waals surface area contributed by atoms with Gasteiger partial charge in [0.25, 0.3) is 0 Å². The second kappa shape index (κ2) is 5.19. The molecule has 2 heterocycles. The zero-order valence-electron chi connectivity index (χ0n) is 12.6. The van der Waals surface area contributed by atoms with Gasteiger partial charge in [0.1, 0.15) is 11.5 Å². The summed E-state index contributed by atoms with van der Waals surface area (Å²) in [7, 11) is 0. The van der Waals surface area contributed by atoms with E-state index in [0.29, 0.717) is 17.4 Å². The monoisotopic (exact) mass is 313 g/mol. The van der Waals surface area contributed by atoms with Crippen molar-refractivity contribution in [1.82, 2.24) is 25.0 Å². The molecule has 0 radical (unpaired) electrons. The molecule has 2 aromatic heterocycles. The van der Waals surface area contributed by atoms with E-state index < -0.39 is 0 Å². The standard InChI is InChI=1S/C16H16FN5O/c1-9(10-4-6-12(17)7-5-10)22-15(20-21-16(22)23)14-8-13(18-19-14)11-2-3-11/h4-9,11H,2-3H2,1H3,(H,18,19)(H,21,23)/t9-/m1/s1. The first-order valence-electron chi connectivity index (χ1n) is 7.61. The lowest BCUT2D eigenvalue weighted by atomic mass is 10.1. The van der Waals surface area contributed by atoms with Gasteiger partial charge in [-0.2, -0.15) is 10.2 Å². The quantitative estimate of drug-likeness (QED) is 0.777. The number of aromatic nitrogens is 5. The third-order valence-electron chi connectivity index (χ3n) is 4.29. The molecule has 1 atom stereocenters. The van der Waals surface area contributed by atoms with Crippen LogP contribution < -0.4 is 5.69 Å². The number of nitrogens with zero attached hydrogens (tertiary/aromatic N) is 3. The number of rotatable bonds is 4. The van der Waals surface area contributed by atoms with Crippen molar-refractivity contribution in [3.8, 4) is 11.5 Å². The van der Waals surface area contributed by atoms with Crippen molar-refractivity contribution in [1.29, 1.82) is 0 Å². The van der Waals surface area contributed by atoms with Gasteiger partial charge in [-0.15, -0.1) is 0 Å². The van der Waals surface area contributed by atoms with E-state index in [0.717, 1.165) is 11.3 Å². The largest absolute Gasteiger partial charge is 0.344 e. The van der Waals surface area contributed by atoms with Gasteiger partial charge in [0, 0.05) is 11.6 Å². The first-order valence-corrected chi connectivity index (χ1v) is 7.61. The Labute approximate surface area is 131 Å². The Balaban J connectivity index is 1.74. The predicted molar refractivity (Wildman–Crippen MR) is 82.6 cm³/mol. The van der Waals surface area contributed by atoms with Crippen LogP contribution in [0.15, 0.2) is 35.1 Å². The lowest BCUT2D eigenvalue weighted by molar-refractivity contribution is 0.608. The fourth-order valence-corrected chi connectivity index (χ4v) is 2.79. The van der Waals surface area contributed by atoms with Crippen molar-refractivity contribution in [2.24, 2.45) is 0 Å². The molecule has 1 aliphatic rings. The smallest absolute Gasteiger partial charge is 0.282 e. The van der Waals surface area contributed by atoms with Gasteiger partial charge in [-0.3, -0.25) is 9.67 Å². The third-order valence-corrected chi connectivity index (χ3v) is 4.29. The minimum Gasteiger partial charge on any atom is -0.282 e. The van der Waals surface area contributed by atoms with Crippen LogP contribution in [0.4, 0.5) is 4.39 Å². The minimum absolute atomic E-state index is 0.280. The third kappa shape index (κ3) is 2.48. The topological polar surface area (TPSA) is 79.4 Å². The molecule has 118 valence electrons. The number of H-pyrrole nitrogens is 2. The number of hydrogen-bond acceptors (Lipinski definition) is 3. The molecule has 4 rings (SSSR count). The van der Waals surface area contributed by atoms with Crippen LogP contribution in [0.5, 0.6) is 0 Å². The van der Waals surface area contributed by atoms with Crippen LogP contribution in [0.25, 0.3) is 11.5 Å². The van der Waals surface area contributed by atoms with Crippen LogP contribution in [0.1, 0.15) is 43.0 Å². The van der Waals surface area contributed by atoms with Gasteiger partial charge in [-0.25, -0.2) is 14.3 Å². The van der Waals surface area contributed by atoms with Crippen LogP contribution in [-0.4, -0.2) is 25.0 Å². The second-order valence-electron chi connectivity index (χ2n) is 5.93. The molecule has 7 heteroatoms. The molecule has 0 amide bonds. The number of hydrogen-bond donors (Lipinski definition) is 2. The van der Waals surface area contributed by atoms with Crippen LogP contribution in [0.2, 0.25) is 0 Å². The highest BCUT2D eigenvalue weighted by Gasteiger charge is 2.27. The molecule has 0 spiro atoms. The molecule has 3 aromatic rings. The fraction of sp³-hybridized carbons (Fsp3) is 0.312. The number of nitrogens with one attached hydrogen (secondary N) is 2. The highest BCUT2D eigenvalue weighted by Crippen LogP contribution is 2.39. The van der Waals surface area contributed by atoms with E-state index in [2.05, 4.69) is 20.4 Å². The number of halogens is 1. The first-order chi connectivity index (χ1) is 11.1. The highest BCUT2D eigenvalue weighted by molar-refractivity contribution is 5.50. The van der Waals surface area contributed by atoms with Gasteiger partial charge in [0.15, 0.2) is 5.82 Å². The first kappa shape index (κ1) is 13.9. The molecule has 2 N–H and O–H groups in total. The molecule has 1 saturated carbocycles. The maximum Gasteiger partial charge on any atom is 0.344 e. The summed E-state index contributed by atoms with van der Waals surface area (Å²) in [6.45, 7) is 1.88. The van der Waals surface area contributed by atoms with Crippen LogP contribution >= 0.6 is 0 Å². The number of aromatic amines is 2. The van der Waals surface area contributed by atoms with Crippen molar-refractivity contribution in [2.75, 3.05) is 0 Å². The number of benzene rings is 1. The van der Waals surface area contributed by atoms with E-state index in [-0.39, 0.29) is 17.5 Å². The molecule has 1 fully saturated rings. The van der Waals surface area contributed by atoms with Crippen LogP contribution in [-0.2, 0) is 0 Å². The van der Waals surface area contributed by atoms with E-state index in [1.54, 1.807) is 16.7 Å². The summed E-state index contributed by atoms with van der Waals surface area (Å²) in [4.78, 5) is 12.2. The molecule has 1 aliphatic carbocycles. The van der Waals surface area contributed by atoms with E-state index in [9.17, 15) is 9.18 Å². The molecule has 6 nitrogen and oxygen atoms in total. The Kier molecular flexibility index (Phi) is 3.14. The van der Waals surface area contributed by atoms with Crippen LogP contribution in [0.3, 0.4) is 0 Å². The Morgan fingerprint density at radius 1 is 1.22 bits per heavy atom. The normalized spacial score (nSPS) is 15.7. The fourth-order valence-electron chi connectivity index (χ4n) is 2.79. The molecule has 0 bridgehead atoms. The summed E-state index contributed by atoms with van der Waals surface area (Å²) in [5.74, 6) is 0.724. The SMILES string of the molecule is C[C@H](c1ccc(F)cc1)n1c(-c2cc(C3CC3)[nH]n2)n[nH]c1=O. The van der Waals surface area contributed by atoms with Gasteiger partial charge in [-0.1, -0.05) is 12.1 Å². The summed E-state index contributed by atoms with van der Waals surface area (Å²) >= 11 is 0. The molecule has 1 aromatic carbocycles. The lowest BCUT2D eigenvalue weighted by Gasteiger charge is -2.14. The predicted octanol–water partition coefficient (Wildman–Crippen LogP) is 2.59. The lowest BCUT2D eigenvalue weighted by Crippen LogP contribution is -2.22. The Bertz CT molecular complexity index is 888. The highest BCUT2D eigenvalue weighted by atomic mass is 19.1. The van der Waals surface area contributed by atoms with Gasteiger partial charge in [0.05, 0.1) is 6.04 Å². The molecule has 0 unspecified atom stereocenters. The van der Waals surface area contributed by atoms with Crippen molar-refractivity contribution >= 4 is 0 Å². The zero-order valence-corrected chi connectivity index (χ0v) is 12.6. The second-order valence-corrected chi connectivity index (χ2v) is 5.93. The molecular formula is C16H16FN5O. The van der Waals surface area contributed by atoms with Crippen LogP contribution in [0, 0.1) is 5.82 Å². The van der Waals surface area contributed by atoms with E-state index in [1.807, 2.05) is 13.0 Å². The average Bonchev–Trinajstić information content (AvgIpc) is 3.15. The molecular weight excluding hydrogens is 297 g/mol. The summed E-state index contributed by atoms with van der Waals surface area (Å²) in [5, 5.41) is 13.9. The minimum atomic E-state index is -0.312. The van der Waals surface area contributed by atoms with Gasteiger partial charge in [0.2, 0.25) is 0 Å². The van der Waals surface area contributed by atoms with E-state index in [4.69, 9.17) is 0 Å². The summed E-state index contributed by atoms with van der Waals surface area (Å²) in [5.41, 5.74) is 2.23. The summed E-state index contributed by atoms with van der Waals surface area (Å²) < 4.78 is 14.6. The Hall–Kier alpha value is -2.70. The van der Waals surface area contributed by atoms with Crippen molar-refractivity contribution in [2.45, 2.75) is 31.7 Å². The summed E-state index contributed by atoms with van der Waals surface area (Å²) in [6.07, 6.45) is 2.34. The van der Waals surface area contributed by atoms with Crippen molar-refractivity contribution in [3.63, 3.8) is 0 Å². The van der Waals surface area contributed by atoms with Gasteiger partial charge < -0.3 is 0 Å². The molecule has 0 saturated heterocycles.